The first-order valence-electron chi connectivity index (χ1n) is 8.59. The van der Waals surface area contributed by atoms with E-state index in [4.69, 9.17) is 9.47 Å². The Hall–Kier alpha value is -1.56. The van der Waals surface area contributed by atoms with Gasteiger partial charge in [-0.1, -0.05) is 46.3 Å². The van der Waals surface area contributed by atoms with Crippen LogP contribution in [0.3, 0.4) is 0 Å². The predicted molar refractivity (Wildman–Crippen MR) is 99.5 cm³/mol. The average molecular weight is 412 g/mol. The molecule has 3 atom stereocenters. The summed E-state index contributed by atoms with van der Waals surface area (Å²) in [7, 11) is 0. The molecule has 0 aliphatic heterocycles. The Morgan fingerprint density at radius 1 is 1.24 bits per heavy atom. The molecule has 0 aromatic heterocycles. The summed E-state index contributed by atoms with van der Waals surface area (Å²) in [4.78, 5) is 23.7. The lowest BCUT2D eigenvalue weighted by Gasteiger charge is -2.22. The zero-order valence-electron chi connectivity index (χ0n) is 15.0. The van der Waals surface area contributed by atoms with Gasteiger partial charge in [-0.15, -0.1) is 0 Å². The van der Waals surface area contributed by atoms with E-state index in [1.807, 2.05) is 51.1 Å². The van der Waals surface area contributed by atoms with Crippen LogP contribution in [0.2, 0.25) is 0 Å². The Kier molecular flexibility index (Phi) is 6.87. The van der Waals surface area contributed by atoms with Crippen molar-refractivity contribution in [3.63, 3.8) is 0 Å². The molecule has 2 rings (SSSR count). The van der Waals surface area contributed by atoms with E-state index >= 15 is 0 Å². The second-order valence-electron chi connectivity index (χ2n) is 7.41. The quantitative estimate of drug-likeness (QED) is 0.582. The number of nitrogens with one attached hydrogen (secondary N) is 1. The number of halogens is 1. The fraction of sp³-hybridized carbons (Fsp3) is 0.579. The van der Waals surface area contributed by atoms with E-state index in [1.165, 1.54) is 0 Å². The molecular formula is C19H26BrNO4. The molecule has 138 valence electrons. The van der Waals surface area contributed by atoms with Crippen molar-refractivity contribution in [3.05, 3.63) is 35.9 Å². The van der Waals surface area contributed by atoms with Crippen LogP contribution in [0.25, 0.3) is 0 Å². The number of ether oxygens (including phenoxy) is 2. The Morgan fingerprint density at radius 2 is 1.92 bits per heavy atom. The van der Waals surface area contributed by atoms with E-state index < -0.39 is 11.7 Å². The molecule has 1 saturated carbocycles. The summed E-state index contributed by atoms with van der Waals surface area (Å²) in [5.74, 6) is -0.116. The fourth-order valence-electron chi connectivity index (χ4n) is 2.89. The maximum atomic E-state index is 12.2. The molecule has 0 saturated heterocycles. The number of rotatable bonds is 5. The summed E-state index contributed by atoms with van der Waals surface area (Å²) in [5, 5.41) is 2.88. The zero-order chi connectivity index (χ0) is 18.4. The van der Waals surface area contributed by atoms with Gasteiger partial charge in [-0.25, -0.2) is 4.79 Å². The number of esters is 1. The lowest BCUT2D eigenvalue weighted by atomic mass is 10.0. The van der Waals surface area contributed by atoms with Gasteiger partial charge in [-0.3, -0.25) is 4.79 Å². The molecule has 1 aromatic carbocycles. The molecule has 0 spiro atoms. The Bertz CT molecular complexity index is 585. The lowest BCUT2D eigenvalue weighted by molar-refractivity contribution is -0.145. The summed E-state index contributed by atoms with van der Waals surface area (Å²) < 4.78 is 10.7. The van der Waals surface area contributed by atoms with Gasteiger partial charge in [0.1, 0.15) is 17.0 Å². The molecule has 1 fully saturated rings. The van der Waals surface area contributed by atoms with Gasteiger partial charge >= 0.3 is 12.1 Å². The minimum atomic E-state index is -0.513. The average Bonchev–Trinajstić information content (AvgIpc) is 2.99. The molecule has 0 radical (unpaired) electrons. The summed E-state index contributed by atoms with van der Waals surface area (Å²) in [6.07, 6.45) is 2.01. The molecule has 1 aliphatic carbocycles. The van der Waals surface area contributed by atoms with Crippen molar-refractivity contribution < 1.29 is 19.1 Å². The van der Waals surface area contributed by atoms with Gasteiger partial charge in [-0.2, -0.15) is 0 Å². The Balaban J connectivity index is 1.76. The maximum absolute atomic E-state index is 12.2. The van der Waals surface area contributed by atoms with Crippen LogP contribution in [-0.2, 0) is 20.9 Å². The largest absolute Gasteiger partial charge is 0.460 e. The first-order chi connectivity index (χ1) is 11.7. The first-order valence-corrected chi connectivity index (χ1v) is 9.50. The van der Waals surface area contributed by atoms with E-state index in [2.05, 4.69) is 21.2 Å². The summed E-state index contributed by atoms with van der Waals surface area (Å²) in [5.41, 5.74) is 0.452. The van der Waals surface area contributed by atoms with Gasteiger partial charge in [0.25, 0.3) is 0 Å². The molecule has 25 heavy (non-hydrogen) atoms. The first kappa shape index (κ1) is 19.8. The number of hydrogen-bond acceptors (Lipinski definition) is 4. The minimum Gasteiger partial charge on any atom is -0.460 e. The van der Waals surface area contributed by atoms with Crippen molar-refractivity contribution in [1.29, 1.82) is 0 Å². The van der Waals surface area contributed by atoms with Crippen LogP contribution < -0.4 is 5.32 Å². The van der Waals surface area contributed by atoms with E-state index in [-0.39, 0.29) is 29.4 Å². The van der Waals surface area contributed by atoms with Crippen molar-refractivity contribution in [1.82, 2.24) is 5.32 Å². The topological polar surface area (TPSA) is 64.6 Å². The smallest absolute Gasteiger partial charge is 0.407 e. The van der Waals surface area contributed by atoms with Crippen LogP contribution in [0.4, 0.5) is 4.79 Å². The van der Waals surface area contributed by atoms with Crippen LogP contribution in [0.1, 0.15) is 45.6 Å². The van der Waals surface area contributed by atoms with Gasteiger partial charge in [0.15, 0.2) is 0 Å². The third-order valence-electron chi connectivity index (χ3n) is 4.06. The number of amides is 1. The van der Waals surface area contributed by atoms with Gasteiger partial charge in [0.2, 0.25) is 0 Å². The number of carbonyl (C=O) groups is 2. The van der Waals surface area contributed by atoms with Crippen molar-refractivity contribution >= 4 is 28.0 Å². The van der Waals surface area contributed by atoms with Crippen LogP contribution in [-0.4, -0.2) is 28.5 Å². The van der Waals surface area contributed by atoms with E-state index in [0.29, 0.717) is 0 Å². The summed E-state index contributed by atoms with van der Waals surface area (Å²) in [6, 6.07) is 9.63. The van der Waals surface area contributed by atoms with E-state index in [1.54, 1.807) is 0 Å². The third kappa shape index (κ3) is 6.69. The number of alkyl carbamates (subject to hydrolysis) is 1. The van der Waals surface area contributed by atoms with Crippen molar-refractivity contribution in [2.75, 3.05) is 0 Å². The van der Waals surface area contributed by atoms with E-state index in [9.17, 15) is 9.59 Å². The van der Waals surface area contributed by atoms with Gasteiger partial charge in [-0.05, 0) is 51.5 Å². The zero-order valence-corrected chi connectivity index (χ0v) is 16.5. The second kappa shape index (κ2) is 8.70. The van der Waals surface area contributed by atoms with Crippen molar-refractivity contribution in [3.8, 4) is 0 Å². The highest BCUT2D eigenvalue weighted by Crippen LogP contribution is 2.33. The summed E-state index contributed by atoms with van der Waals surface area (Å²) >= 11 is 3.47. The van der Waals surface area contributed by atoms with Gasteiger partial charge in [0, 0.05) is 6.04 Å². The number of hydrogen-bond donors (Lipinski definition) is 1. The summed E-state index contributed by atoms with van der Waals surface area (Å²) in [6.45, 7) is 5.78. The highest BCUT2D eigenvalue weighted by atomic mass is 79.9. The number of carbonyl (C=O) groups excluding carboxylic acids is 2. The Labute approximate surface area is 157 Å². The molecule has 1 N–H and O–H groups in total. The SMILES string of the molecule is CC(C)(C)OC(=O)N[C@H]1CCC(C(Br)C(=O)OCc2ccccc2)C1. The van der Waals surface area contributed by atoms with Crippen LogP contribution in [0.15, 0.2) is 30.3 Å². The van der Waals surface area contributed by atoms with Crippen molar-refractivity contribution in [2.45, 2.75) is 63.1 Å². The molecule has 0 bridgehead atoms. The van der Waals surface area contributed by atoms with Crippen molar-refractivity contribution in [2.24, 2.45) is 5.92 Å². The molecule has 5 nitrogen and oxygen atoms in total. The number of benzene rings is 1. The molecule has 1 aromatic rings. The molecule has 6 heteroatoms. The second-order valence-corrected chi connectivity index (χ2v) is 8.40. The highest BCUT2D eigenvalue weighted by Gasteiger charge is 2.35. The van der Waals surface area contributed by atoms with Crippen LogP contribution in [0, 0.1) is 5.92 Å². The molecule has 2 unspecified atom stereocenters. The molecule has 1 amide bonds. The molecular weight excluding hydrogens is 386 g/mol. The molecule has 0 heterocycles. The standard InChI is InChI=1S/C19H26BrNO4/c1-19(2,3)25-18(23)21-15-10-9-14(11-15)16(20)17(22)24-12-13-7-5-4-6-8-13/h4-8,14-16H,9-12H2,1-3H3,(H,21,23)/t14?,15-,16?/m0/s1. The van der Waals surface area contributed by atoms with Gasteiger partial charge in [0.05, 0.1) is 0 Å². The minimum absolute atomic E-state index is 0.0295. The fourth-order valence-corrected chi connectivity index (χ4v) is 3.50. The predicted octanol–water partition coefficient (Wildman–Crippen LogP) is 4.19. The van der Waals surface area contributed by atoms with E-state index in [0.717, 1.165) is 24.8 Å². The van der Waals surface area contributed by atoms with Crippen LogP contribution in [0.5, 0.6) is 0 Å². The lowest BCUT2D eigenvalue weighted by Crippen LogP contribution is -2.38. The monoisotopic (exact) mass is 411 g/mol. The Morgan fingerprint density at radius 3 is 2.56 bits per heavy atom. The third-order valence-corrected chi connectivity index (χ3v) is 5.18. The molecule has 1 aliphatic rings. The normalized spacial score (nSPS) is 21.4. The maximum Gasteiger partial charge on any atom is 0.407 e. The number of alkyl halides is 1. The van der Waals surface area contributed by atoms with Gasteiger partial charge < -0.3 is 14.8 Å². The van der Waals surface area contributed by atoms with Crippen LogP contribution >= 0.6 is 15.9 Å². The highest BCUT2D eigenvalue weighted by molar-refractivity contribution is 9.10.